The van der Waals surface area contributed by atoms with Crippen LogP contribution in [0.4, 0.5) is 18.9 Å². The van der Waals surface area contributed by atoms with Crippen molar-refractivity contribution >= 4 is 56.1 Å². The molecule has 0 aliphatic carbocycles. The number of halogens is 3. The van der Waals surface area contributed by atoms with Crippen LogP contribution in [-0.4, -0.2) is 28.6 Å². The third-order valence-corrected chi connectivity index (χ3v) is 7.65. The lowest BCUT2D eigenvalue weighted by Crippen LogP contribution is -2.29. The number of hydrogen-bond donors (Lipinski definition) is 2. The van der Waals surface area contributed by atoms with Gasteiger partial charge >= 0.3 is 0 Å². The lowest BCUT2D eigenvalue weighted by atomic mass is 10.0. The second-order valence-electron chi connectivity index (χ2n) is 7.99. The number of amides is 2. The molecule has 3 aromatic heterocycles. The SMILES string of the molecule is Cc1ccc(-c2cc(C(F)F)nc3sc(C(N)=O)c(NC(=O)C4CC(c5ccc(F)cc5)=NO4)c23)s1. The molecule has 12 heteroatoms. The molecule has 0 saturated heterocycles. The molecular formula is C24H17F3N4O3S2. The first-order chi connectivity index (χ1) is 17.2. The quantitative estimate of drug-likeness (QED) is 0.336. The highest BCUT2D eigenvalue weighted by Gasteiger charge is 2.32. The van der Waals surface area contributed by atoms with Crippen LogP contribution in [0.1, 0.15) is 38.7 Å². The monoisotopic (exact) mass is 530 g/mol. The molecule has 5 rings (SSSR count). The van der Waals surface area contributed by atoms with Gasteiger partial charge in [-0.1, -0.05) is 17.3 Å². The molecule has 36 heavy (non-hydrogen) atoms. The lowest BCUT2D eigenvalue weighted by Gasteiger charge is -2.12. The van der Waals surface area contributed by atoms with Crippen molar-refractivity contribution in [2.75, 3.05) is 5.32 Å². The number of nitrogens with one attached hydrogen (secondary N) is 1. The van der Waals surface area contributed by atoms with Gasteiger partial charge in [0.05, 0.1) is 11.4 Å². The number of fused-ring (bicyclic) bond motifs is 1. The van der Waals surface area contributed by atoms with Gasteiger partial charge in [-0.25, -0.2) is 18.2 Å². The normalized spacial score (nSPS) is 15.2. The first-order valence-electron chi connectivity index (χ1n) is 10.6. The van der Waals surface area contributed by atoms with Crippen molar-refractivity contribution < 1.29 is 27.6 Å². The van der Waals surface area contributed by atoms with Crippen molar-refractivity contribution in [1.82, 2.24) is 4.98 Å². The van der Waals surface area contributed by atoms with Gasteiger partial charge in [-0.05, 0) is 42.8 Å². The van der Waals surface area contributed by atoms with Gasteiger partial charge in [-0.2, -0.15) is 0 Å². The maximum atomic E-state index is 13.6. The number of hydrogen-bond acceptors (Lipinski definition) is 7. The van der Waals surface area contributed by atoms with Crippen molar-refractivity contribution in [3.8, 4) is 10.4 Å². The summed E-state index contributed by atoms with van der Waals surface area (Å²) in [6.45, 7) is 1.88. The van der Waals surface area contributed by atoms with E-state index in [0.29, 0.717) is 27.1 Å². The highest BCUT2D eigenvalue weighted by Crippen LogP contribution is 2.44. The van der Waals surface area contributed by atoms with Crippen LogP contribution in [0.25, 0.3) is 20.7 Å². The van der Waals surface area contributed by atoms with Gasteiger partial charge in [-0.15, -0.1) is 22.7 Å². The summed E-state index contributed by atoms with van der Waals surface area (Å²) in [6.07, 6.45) is -3.75. The number of nitrogens with two attached hydrogens (primary N) is 1. The van der Waals surface area contributed by atoms with E-state index in [2.05, 4.69) is 15.5 Å². The zero-order valence-corrected chi connectivity index (χ0v) is 20.2. The number of alkyl halides is 2. The first kappa shape index (κ1) is 23.9. The molecule has 0 bridgehead atoms. The Hall–Kier alpha value is -3.77. The Morgan fingerprint density at radius 3 is 2.56 bits per heavy atom. The van der Waals surface area contributed by atoms with E-state index < -0.39 is 35.9 Å². The average molecular weight is 531 g/mol. The number of pyridine rings is 1. The van der Waals surface area contributed by atoms with Crippen LogP contribution < -0.4 is 11.1 Å². The van der Waals surface area contributed by atoms with Crippen LogP contribution in [0.2, 0.25) is 0 Å². The molecule has 1 aliphatic rings. The van der Waals surface area contributed by atoms with Crippen molar-refractivity contribution in [2.24, 2.45) is 10.9 Å². The number of aromatic nitrogens is 1. The van der Waals surface area contributed by atoms with Crippen molar-refractivity contribution in [3.05, 3.63) is 69.3 Å². The summed E-state index contributed by atoms with van der Waals surface area (Å²) in [5.41, 5.74) is 6.67. The summed E-state index contributed by atoms with van der Waals surface area (Å²) in [4.78, 5) is 36.5. The van der Waals surface area contributed by atoms with Crippen LogP contribution in [0.5, 0.6) is 0 Å². The Bertz CT molecular complexity index is 1530. The van der Waals surface area contributed by atoms with E-state index in [-0.39, 0.29) is 21.8 Å². The summed E-state index contributed by atoms with van der Waals surface area (Å²) in [5, 5.41) is 6.97. The molecule has 3 N–H and O–H groups in total. The maximum absolute atomic E-state index is 13.6. The van der Waals surface area contributed by atoms with Gasteiger partial charge in [0.1, 0.15) is 21.2 Å². The van der Waals surface area contributed by atoms with E-state index in [1.54, 1.807) is 6.07 Å². The van der Waals surface area contributed by atoms with Crippen molar-refractivity contribution in [1.29, 1.82) is 0 Å². The fourth-order valence-corrected chi connectivity index (χ4v) is 5.73. The molecule has 0 fully saturated rings. The fourth-order valence-electron chi connectivity index (χ4n) is 3.83. The van der Waals surface area contributed by atoms with Gasteiger partial charge in [0, 0.05) is 27.1 Å². The molecule has 184 valence electrons. The zero-order chi connectivity index (χ0) is 25.6. The van der Waals surface area contributed by atoms with Crippen molar-refractivity contribution in [3.63, 3.8) is 0 Å². The third-order valence-electron chi connectivity index (χ3n) is 5.52. The second-order valence-corrected chi connectivity index (χ2v) is 10.3. The van der Waals surface area contributed by atoms with Crippen LogP contribution in [0.15, 0.2) is 47.6 Å². The minimum Gasteiger partial charge on any atom is -0.382 e. The number of oxime groups is 1. The molecule has 2 amide bonds. The summed E-state index contributed by atoms with van der Waals surface area (Å²) < 4.78 is 40.4. The maximum Gasteiger partial charge on any atom is 0.280 e. The number of nitrogens with zero attached hydrogens (tertiary/aromatic N) is 2. The molecule has 4 heterocycles. The highest BCUT2D eigenvalue weighted by atomic mass is 32.1. The first-order valence-corrected chi connectivity index (χ1v) is 12.3. The molecule has 1 unspecified atom stereocenters. The Morgan fingerprint density at radius 1 is 1.17 bits per heavy atom. The Balaban J connectivity index is 1.53. The summed E-state index contributed by atoms with van der Waals surface area (Å²) >= 11 is 2.21. The van der Waals surface area contributed by atoms with Gasteiger partial charge < -0.3 is 15.9 Å². The molecule has 4 aromatic rings. The lowest BCUT2D eigenvalue weighted by molar-refractivity contribution is -0.125. The Kier molecular flexibility index (Phi) is 6.22. The van der Waals surface area contributed by atoms with E-state index in [0.717, 1.165) is 16.2 Å². The number of thiophene rings is 2. The number of carbonyl (C=O) groups excluding carboxylic acids is 2. The molecule has 0 radical (unpaired) electrons. The fraction of sp³-hybridized carbons (Fsp3) is 0.167. The van der Waals surface area contributed by atoms with Crippen LogP contribution >= 0.6 is 22.7 Å². The van der Waals surface area contributed by atoms with Gasteiger partial charge in [-0.3, -0.25) is 9.59 Å². The number of anilines is 1. The van der Waals surface area contributed by atoms with Crippen LogP contribution in [0.3, 0.4) is 0 Å². The van der Waals surface area contributed by atoms with Gasteiger partial charge in [0.2, 0.25) is 6.10 Å². The van der Waals surface area contributed by atoms with Gasteiger partial charge in [0.25, 0.3) is 18.2 Å². The largest absolute Gasteiger partial charge is 0.382 e. The zero-order valence-electron chi connectivity index (χ0n) is 18.6. The van der Waals surface area contributed by atoms with E-state index in [1.165, 1.54) is 41.7 Å². The van der Waals surface area contributed by atoms with E-state index >= 15 is 0 Å². The molecular weight excluding hydrogens is 513 g/mol. The topological polar surface area (TPSA) is 107 Å². The Morgan fingerprint density at radius 2 is 1.92 bits per heavy atom. The number of benzene rings is 1. The van der Waals surface area contributed by atoms with Gasteiger partial charge in [0.15, 0.2) is 0 Å². The number of primary amides is 1. The second kappa shape index (κ2) is 9.36. The molecule has 0 saturated carbocycles. The average Bonchev–Trinajstić information content (AvgIpc) is 3.58. The van der Waals surface area contributed by atoms with Crippen LogP contribution in [0, 0.1) is 12.7 Å². The third kappa shape index (κ3) is 4.44. The molecule has 0 spiro atoms. The molecule has 7 nitrogen and oxygen atoms in total. The van der Waals surface area contributed by atoms with Crippen LogP contribution in [-0.2, 0) is 9.63 Å². The summed E-state index contributed by atoms with van der Waals surface area (Å²) in [5.74, 6) is -1.85. The predicted octanol–water partition coefficient (Wildman–Crippen LogP) is 5.64. The predicted molar refractivity (Wildman–Crippen MR) is 132 cm³/mol. The molecule has 1 aromatic carbocycles. The number of rotatable bonds is 6. The number of aryl methyl sites for hydroxylation is 1. The molecule has 1 aliphatic heterocycles. The molecule has 1 atom stereocenters. The van der Waals surface area contributed by atoms with E-state index in [9.17, 15) is 22.8 Å². The summed E-state index contributed by atoms with van der Waals surface area (Å²) in [6, 6.07) is 10.5. The highest BCUT2D eigenvalue weighted by molar-refractivity contribution is 7.21. The van der Waals surface area contributed by atoms with Crippen molar-refractivity contribution in [2.45, 2.75) is 25.9 Å². The summed E-state index contributed by atoms with van der Waals surface area (Å²) in [7, 11) is 0. The standard InChI is InChI=1S/C24H17F3N4O3S2/c1-10-2-7-17(35-10)13-8-15(21(26)27)29-24-18(13)19(20(36-24)22(28)32)30-23(33)16-9-14(31-34-16)11-3-5-12(25)6-4-11/h2-8,16,21H,9H2,1H3,(H2,28,32)(H,30,33). The van der Waals surface area contributed by atoms with E-state index in [1.807, 2.05) is 13.0 Å². The smallest absolute Gasteiger partial charge is 0.280 e. The minimum absolute atomic E-state index is 0.0236. The minimum atomic E-state index is -2.83. The van der Waals surface area contributed by atoms with E-state index in [4.69, 9.17) is 10.6 Å². The Labute approximate surface area is 210 Å². The number of carbonyl (C=O) groups is 2.